The molecule has 2 amide bonds. The van der Waals surface area contributed by atoms with Crippen molar-refractivity contribution in [1.29, 1.82) is 0 Å². The van der Waals surface area contributed by atoms with Crippen LogP contribution in [0.15, 0.2) is 28.7 Å². The molecule has 2 N–H and O–H groups in total. The number of aryl methyl sites for hydroxylation is 1. The fraction of sp³-hybridized carbons (Fsp3) is 0.450. The van der Waals surface area contributed by atoms with Crippen molar-refractivity contribution in [2.75, 3.05) is 13.1 Å². The first-order chi connectivity index (χ1) is 12.9. The molecule has 2 aromatic rings. The molecule has 0 aliphatic carbocycles. The van der Waals surface area contributed by atoms with Crippen molar-refractivity contribution in [2.24, 2.45) is 0 Å². The number of hydrogen-bond acceptors (Lipinski definition) is 3. The summed E-state index contributed by atoms with van der Waals surface area (Å²) in [6, 6.07) is 7.65. The lowest BCUT2D eigenvalue weighted by Gasteiger charge is -2.32. The smallest absolute Gasteiger partial charge is 0.275 e. The third-order valence-corrected chi connectivity index (χ3v) is 5.82. The Bertz CT molecular complexity index is 838. The van der Waals surface area contributed by atoms with Gasteiger partial charge in [0.15, 0.2) is 5.69 Å². The monoisotopic (exact) mass is 432 g/mol. The second-order valence-corrected chi connectivity index (χ2v) is 8.10. The number of carbonyl (C=O) groups excluding carboxylic acids is 2. The standard InChI is InChI=1S/C20H25BrN4O2/c1-12(2)17-16(21)18(24-23-17)20(27)25-10-8-14(9-11-25)22-19(26)15-7-5-4-6-13(15)3/h4-7,12,14H,8-11H2,1-3H3,(H,22,26)(H,23,24). The molecule has 1 saturated heterocycles. The van der Waals surface area contributed by atoms with E-state index >= 15 is 0 Å². The summed E-state index contributed by atoms with van der Waals surface area (Å²) in [7, 11) is 0. The highest BCUT2D eigenvalue weighted by Gasteiger charge is 2.28. The Morgan fingerprint density at radius 3 is 2.52 bits per heavy atom. The topological polar surface area (TPSA) is 78.1 Å². The van der Waals surface area contributed by atoms with Gasteiger partial charge in [-0.05, 0) is 53.2 Å². The molecule has 6 nitrogen and oxygen atoms in total. The molecule has 1 aliphatic rings. The number of nitrogens with one attached hydrogen (secondary N) is 2. The highest BCUT2D eigenvalue weighted by molar-refractivity contribution is 9.10. The molecule has 27 heavy (non-hydrogen) atoms. The van der Waals surface area contributed by atoms with Crippen molar-refractivity contribution >= 4 is 27.7 Å². The van der Waals surface area contributed by atoms with Crippen LogP contribution in [-0.2, 0) is 0 Å². The summed E-state index contributed by atoms with van der Waals surface area (Å²) >= 11 is 3.50. The van der Waals surface area contributed by atoms with Crippen molar-refractivity contribution in [1.82, 2.24) is 20.4 Å². The minimum absolute atomic E-state index is 0.0468. The van der Waals surface area contributed by atoms with Crippen LogP contribution in [0.3, 0.4) is 0 Å². The van der Waals surface area contributed by atoms with Crippen LogP contribution in [0.2, 0.25) is 0 Å². The van der Waals surface area contributed by atoms with Crippen LogP contribution in [0.25, 0.3) is 0 Å². The zero-order valence-electron chi connectivity index (χ0n) is 15.9. The Balaban J connectivity index is 1.58. The van der Waals surface area contributed by atoms with Crippen molar-refractivity contribution in [3.05, 3.63) is 51.3 Å². The molecule has 144 valence electrons. The molecule has 7 heteroatoms. The average molecular weight is 433 g/mol. The number of hydrogen-bond donors (Lipinski definition) is 2. The zero-order chi connectivity index (χ0) is 19.6. The summed E-state index contributed by atoms with van der Waals surface area (Å²) in [5.41, 5.74) is 3.03. The number of nitrogens with zero attached hydrogens (tertiary/aromatic N) is 2. The van der Waals surface area contributed by atoms with Gasteiger partial charge in [-0.2, -0.15) is 5.10 Å². The Morgan fingerprint density at radius 2 is 1.93 bits per heavy atom. The Morgan fingerprint density at radius 1 is 1.26 bits per heavy atom. The lowest BCUT2D eigenvalue weighted by molar-refractivity contribution is 0.0691. The van der Waals surface area contributed by atoms with E-state index in [0.29, 0.717) is 24.3 Å². The van der Waals surface area contributed by atoms with E-state index in [0.717, 1.165) is 28.6 Å². The van der Waals surface area contributed by atoms with Crippen molar-refractivity contribution in [3.8, 4) is 0 Å². The van der Waals surface area contributed by atoms with Crippen molar-refractivity contribution in [2.45, 2.75) is 45.6 Å². The second-order valence-electron chi connectivity index (χ2n) is 7.31. The van der Waals surface area contributed by atoms with Crippen LogP contribution in [0.4, 0.5) is 0 Å². The molecule has 1 fully saturated rings. The summed E-state index contributed by atoms with van der Waals surface area (Å²) in [5.74, 6) is 0.138. The minimum atomic E-state index is -0.0753. The molecular weight excluding hydrogens is 408 g/mol. The molecule has 0 bridgehead atoms. The van der Waals surface area contributed by atoms with Gasteiger partial charge < -0.3 is 10.2 Å². The molecule has 3 rings (SSSR count). The normalized spacial score (nSPS) is 15.2. The maximum atomic E-state index is 12.8. The molecule has 1 aromatic heterocycles. The Hall–Kier alpha value is -2.15. The van der Waals surface area contributed by atoms with Gasteiger partial charge in [-0.1, -0.05) is 32.0 Å². The van der Waals surface area contributed by atoms with E-state index < -0.39 is 0 Å². The Kier molecular flexibility index (Phi) is 5.99. The van der Waals surface area contributed by atoms with Gasteiger partial charge in [0.05, 0.1) is 10.2 Å². The van der Waals surface area contributed by atoms with E-state index in [4.69, 9.17) is 0 Å². The minimum Gasteiger partial charge on any atom is -0.349 e. The molecule has 0 atom stereocenters. The lowest BCUT2D eigenvalue weighted by Crippen LogP contribution is -2.46. The van der Waals surface area contributed by atoms with Gasteiger partial charge in [-0.3, -0.25) is 14.7 Å². The maximum absolute atomic E-state index is 12.8. The number of rotatable bonds is 4. The van der Waals surface area contributed by atoms with Crippen molar-refractivity contribution < 1.29 is 9.59 Å². The molecule has 1 aliphatic heterocycles. The first-order valence-electron chi connectivity index (χ1n) is 9.28. The summed E-state index contributed by atoms with van der Waals surface area (Å²) in [6.45, 7) is 7.25. The molecule has 0 saturated carbocycles. The van der Waals surface area contributed by atoms with Crippen molar-refractivity contribution in [3.63, 3.8) is 0 Å². The van der Waals surface area contributed by atoms with Gasteiger partial charge in [0, 0.05) is 24.7 Å². The number of carbonyl (C=O) groups is 2. The summed E-state index contributed by atoms with van der Waals surface area (Å²) < 4.78 is 0.748. The quantitative estimate of drug-likeness (QED) is 0.773. The molecule has 1 aromatic carbocycles. The number of amides is 2. The fourth-order valence-electron chi connectivity index (χ4n) is 3.33. The van der Waals surface area contributed by atoms with Gasteiger partial charge in [-0.25, -0.2) is 0 Å². The summed E-state index contributed by atoms with van der Waals surface area (Å²) in [6.07, 6.45) is 1.48. The number of benzene rings is 1. The van der Waals surface area contributed by atoms with E-state index in [9.17, 15) is 9.59 Å². The van der Waals surface area contributed by atoms with Gasteiger partial charge >= 0.3 is 0 Å². The second kappa shape index (κ2) is 8.25. The van der Waals surface area contributed by atoms with Crippen LogP contribution >= 0.6 is 15.9 Å². The molecule has 0 radical (unpaired) electrons. The number of aromatic amines is 1. The van der Waals surface area contributed by atoms with Gasteiger partial charge in [-0.15, -0.1) is 0 Å². The van der Waals surface area contributed by atoms with Crippen LogP contribution in [0.1, 0.15) is 64.7 Å². The largest absolute Gasteiger partial charge is 0.349 e. The highest BCUT2D eigenvalue weighted by atomic mass is 79.9. The molecule has 2 heterocycles. The zero-order valence-corrected chi connectivity index (χ0v) is 17.5. The number of likely N-dealkylation sites (tertiary alicyclic amines) is 1. The third kappa shape index (κ3) is 4.24. The van der Waals surface area contributed by atoms with Gasteiger partial charge in [0.25, 0.3) is 11.8 Å². The first kappa shape index (κ1) is 19.6. The van der Waals surface area contributed by atoms with E-state index in [2.05, 4.69) is 45.3 Å². The van der Waals surface area contributed by atoms with E-state index in [1.54, 1.807) is 0 Å². The van der Waals surface area contributed by atoms with Crippen LogP contribution in [-0.4, -0.2) is 46.0 Å². The van der Waals surface area contributed by atoms with Crippen LogP contribution < -0.4 is 5.32 Å². The predicted molar refractivity (Wildman–Crippen MR) is 108 cm³/mol. The number of aromatic nitrogens is 2. The highest BCUT2D eigenvalue weighted by Crippen LogP contribution is 2.27. The number of halogens is 1. The number of H-pyrrole nitrogens is 1. The summed E-state index contributed by atoms with van der Waals surface area (Å²) in [5, 5.41) is 10.2. The average Bonchev–Trinajstić information content (AvgIpc) is 3.03. The Labute approximate surface area is 167 Å². The fourth-order valence-corrected chi connectivity index (χ4v) is 4.14. The van der Waals surface area contributed by atoms with E-state index in [1.807, 2.05) is 36.1 Å². The third-order valence-electron chi connectivity index (χ3n) is 5.02. The number of piperidine rings is 1. The molecule has 0 spiro atoms. The van der Waals surface area contributed by atoms with E-state index in [-0.39, 0.29) is 23.8 Å². The predicted octanol–water partition coefficient (Wildman–Crippen LogP) is 3.64. The molecule has 0 unspecified atom stereocenters. The molecular formula is C20H25BrN4O2. The van der Waals surface area contributed by atoms with Gasteiger partial charge in [0.2, 0.25) is 0 Å². The van der Waals surface area contributed by atoms with Crippen LogP contribution in [0.5, 0.6) is 0 Å². The lowest BCUT2D eigenvalue weighted by atomic mass is 10.0. The van der Waals surface area contributed by atoms with Gasteiger partial charge in [0.1, 0.15) is 0 Å². The first-order valence-corrected chi connectivity index (χ1v) is 10.1. The SMILES string of the molecule is Cc1ccccc1C(=O)NC1CCN(C(=O)c2n[nH]c(C(C)C)c2Br)CC1. The maximum Gasteiger partial charge on any atom is 0.275 e. The van der Waals surface area contributed by atoms with E-state index in [1.165, 1.54) is 0 Å². The summed E-state index contributed by atoms with van der Waals surface area (Å²) in [4.78, 5) is 27.1. The van der Waals surface area contributed by atoms with Crippen LogP contribution in [0, 0.1) is 6.92 Å².